The van der Waals surface area contributed by atoms with Crippen LogP contribution < -0.4 is 10.1 Å². The number of hydrogen-bond acceptors (Lipinski definition) is 6. The van der Waals surface area contributed by atoms with Crippen molar-refractivity contribution in [3.63, 3.8) is 0 Å². The maximum atomic E-state index is 13.1. The molecule has 2 unspecified atom stereocenters. The molecule has 2 heterocycles. The summed E-state index contributed by atoms with van der Waals surface area (Å²) in [4.78, 5) is 27.7. The summed E-state index contributed by atoms with van der Waals surface area (Å²) >= 11 is 1.44. The molecule has 1 aromatic heterocycles. The van der Waals surface area contributed by atoms with Crippen molar-refractivity contribution in [1.82, 2.24) is 15.1 Å². The van der Waals surface area contributed by atoms with Crippen LogP contribution in [0.4, 0.5) is 5.13 Å². The van der Waals surface area contributed by atoms with Crippen molar-refractivity contribution in [2.24, 2.45) is 5.92 Å². The molecule has 2 atom stereocenters. The van der Waals surface area contributed by atoms with E-state index in [1.165, 1.54) is 11.3 Å². The van der Waals surface area contributed by atoms with Crippen LogP contribution in [-0.2, 0) is 9.59 Å². The van der Waals surface area contributed by atoms with Gasteiger partial charge in [-0.15, -0.1) is 10.2 Å². The van der Waals surface area contributed by atoms with Crippen LogP contribution >= 0.6 is 11.3 Å². The molecule has 2 aromatic rings. The van der Waals surface area contributed by atoms with Crippen molar-refractivity contribution >= 4 is 28.3 Å². The van der Waals surface area contributed by atoms with E-state index in [-0.39, 0.29) is 24.3 Å². The van der Waals surface area contributed by atoms with Gasteiger partial charge in [-0.05, 0) is 37.0 Å². The van der Waals surface area contributed by atoms with Crippen molar-refractivity contribution in [2.75, 3.05) is 19.0 Å². The van der Waals surface area contributed by atoms with Gasteiger partial charge in [0.2, 0.25) is 16.9 Å². The van der Waals surface area contributed by atoms with Crippen molar-refractivity contribution in [3.05, 3.63) is 34.8 Å². The molecule has 1 saturated heterocycles. The predicted molar refractivity (Wildman–Crippen MR) is 111 cm³/mol. The van der Waals surface area contributed by atoms with Gasteiger partial charge in [-0.3, -0.25) is 9.59 Å². The third-order valence-electron chi connectivity index (χ3n) is 5.58. The molecule has 0 bridgehead atoms. The zero-order valence-corrected chi connectivity index (χ0v) is 17.6. The molecule has 7 nitrogen and oxygen atoms in total. The van der Waals surface area contributed by atoms with Crippen LogP contribution in [0.2, 0.25) is 0 Å². The summed E-state index contributed by atoms with van der Waals surface area (Å²) < 4.78 is 5.25. The van der Waals surface area contributed by atoms with Gasteiger partial charge in [0.25, 0.3) is 0 Å². The minimum atomic E-state index is -0.457. The van der Waals surface area contributed by atoms with Gasteiger partial charge < -0.3 is 15.0 Å². The lowest BCUT2D eigenvalue weighted by Gasteiger charge is -2.28. The number of carbonyl (C=O) groups is 2. The second-order valence-electron chi connectivity index (χ2n) is 7.68. The van der Waals surface area contributed by atoms with E-state index in [4.69, 9.17) is 4.74 Å². The van der Waals surface area contributed by atoms with Crippen LogP contribution in [0.15, 0.2) is 24.3 Å². The maximum Gasteiger partial charge on any atom is 0.232 e. The number of ether oxygens (including phenoxy) is 1. The molecule has 1 aliphatic heterocycles. The van der Waals surface area contributed by atoms with Crippen molar-refractivity contribution in [2.45, 2.75) is 51.0 Å². The fraction of sp³-hybridized carbons (Fsp3) is 0.524. The molecule has 8 heteroatoms. The molecular weight excluding hydrogens is 388 g/mol. The van der Waals surface area contributed by atoms with Gasteiger partial charge in [0.05, 0.1) is 19.1 Å². The first kappa shape index (κ1) is 19.8. The number of anilines is 1. The minimum absolute atomic E-state index is 0.0235. The summed E-state index contributed by atoms with van der Waals surface area (Å²) in [5.41, 5.74) is 0.948. The lowest BCUT2D eigenvalue weighted by Crippen LogP contribution is -2.33. The van der Waals surface area contributed by atoms with Gasteiger partial charge in [-0.1, -0.05) is 36.8 Å². The Morgan fingerprint density at radius 3 is 2.69 bits per heavy atom. The number of carbonyl (C=O) groups excluding carboxylic acids is 2. The summed E-state index contributed by atoms with van der Waals surface area (Å²) in [7, 11) is 1.62. The van der Waals surface area contributed by atoms with Gasteiger partial charge in [0.1, 0.15) is 10.8 Å². The number of hydrogen-bond donors (Lipinski definition) is 1. The van der Waals surface area contributed by atoms with Crippen LogP contribution in [-0.4, -0.2) is 40.6 Å². The van der Waals surface area contributed by atoms with E-state index in [1.54, 1.807) is 7.11 Å². The molecule has 1 saturated carbocycles. The zero-order valence-electron chi connectivity index (χ0n) is 16.8. The van der Waals surface area contributed by atoms with E-state index in [2.05, 4.69) is 22.4 Å². The Morgan fingerprint density at radius 1 is 1.28 bits per heavy atom. The molecule has 1 N–H and O–H groups in total. The van der Waals surface area contributed by atoms with Gasteiger partial charge in [-0.25, -0.2) is 0 Å². The molecule has 2 fully saturated rings. The van der Waals surface area contributed by atoms with Crippen LogP contribution in [0.25, 0.3) is 0 Å². The summed E-state index contributed by atoms with van der Waals surface area (Å²) in [6.45, 7) is 2.75. The third-order valence-corrected chi connectivity index (χ3v) is 6.58. The van der Waals surface area contributed by atoms with Crippen LogP contribution in [0.1, 0.15) is 61.6 Å². The second kappa shape index (κ2) is 8.49. The van der Waals surface area contributed by atoms with Gasteiger partial charge in [0, 0.05) is 18.9 Å². The SMILES string of the molecule is CCCCN1C(=O)CC(C(=O)Nc2nnc(C3CC3)s2)C1c1ccc(OC)cc1. The number of likely N-dealkylation sites (tertiary alicyclic amines) is 1. The Hall–Kier alpha value is -2.48. The highest BCUT2D eigenvalue weighted by Gasteiger charge is 2.44. The Kier molecular flexibility index (Phi) is 5.80. The monoisotopic (exact) mass is 414 g/mol. The molecule has 154 valence electrons. The molecule has 0 radical (unpaired) electrons. The highest BCUT2D eigenvalue weighted by molar-refractivity contribution is 7.15. The highest BCUT2D eigenvalue weighted by atomic mass is 32.1. The average molecular weight is 415 g/mol. The number of amides is 2. The fourth-order valence-electron chi connectivity index (χ4n) is 3.81. The normalized spacial score (nSPS) is 21.4. The first-order chi connectivity index (χ1) is 14.1. The van der Waals surface area contributed by atoms with E-state index >= 15 is 0 Å². The number of methoxy groups -OCH3 is 1. The summed E-state index contributed by atoms with van der Waals surface area (Å²) in [6.07, 6.45) is 4.40. The van der Waals surface area contributed by atoms with Gasteiger partial charge in [-0.2, -0.15) is 0 Å². The molecule has 2 aliphatic rings. The number of benzene rings is 1. The Labute approximate surface area is 174 Å². The third kappa shape index (κ3) is 4.27. The van der Waals surface area contributed by atoms with E-state index < -0.39 is 5.92 Å². The quantitative estimate of drug-likeness (QED) is 0.711. The smallest absolute Gasteiger partial charge is 0.232 e. The lowest BCUT2D eigenvalue weighted by molar-refractivity contribution is -0.129. The van der Waals surface area contributed by atoms with E-state index in [0.717, 1.165) is 42.0 Å². The summed E-state index contributed by atoms with van der Waals surface area (Å²) in [6, 6.07) is 7.35. The molecule has 4 rings (SSSR count). The number of rotatable bonds is 8. The first-order valence-electron chi connectivity index (χ1n) is 10.2. The van der Waals surface area contributed by atoms with Crippen LogP contribution in [0.5, 0.6) is 5.75 Å². The Bertz CT molecular complexity index is 878. The van der Waals surface area contributed by atoms with E-state index in [1.807, 2.05) is 29.2 Å². The number of aromatic nitrogens is 2. The number of unbranched alkanes of at least 4 members (excludes halogenated alkanes) is 1. The molecule has 2 amide bonds. The Balaban J connectivity index is 1.56. The Morgan fingerprint density at radius 2 is 2.03 bits per heavy atom. The standard InChI is InChI=1S/C21H26N4O3S/c1-3-4-11-25-17(26)12-16(18(25)13-7-9-15(28-2)10-8-13)19(27)22-21-24-23-20(29-21)14-5-6-14/h7-10,14,16,18H,3-6,11-12H2,1-2H3,(H,22,24,27). The number of nitrogens with zero attached hydrogens (tertiary/aromatic N) is 3. The maximum absolute atomic E-state index is 13.1. The highest BCUT2D eigenvalue weighted by Crippen LogP contribution is 2.43. The predicted octanol–water partition coefficient (Wildman–Crippen LogP) is 3.75. The van der Waals surface area contributed by atoms with Gasteiger partial charge >= 0.3 is 0 Å². The number of nitrogens with one attached hydrogen (secondary N) is 1. The summed E-state index contributed by atoms with van der Waals surface area (Å²) in [5.74, 6) is 0.650. The van der Waals surface area contributed by atoms with E-state index in [9.17, 15) is 9.59 Å². The van der Waals surface area contributed by atoms with Crippen molar-refractivity contribution in [1.29, 1.82) is 0 Å². The minimum Gasteiger partial charge on any atom is -0.497 e. The molecular formula is C21H26N4O3S. The molecule has 1 aromatic carbocycles. The topological polar surface area (TPSA) is 84.4 Å². The van der Waals surface area contributed by atoms with Gasteiger partial charge in [0.15, 0.2) is 0 Å². The lowest BCUT2D eigenvalue weighted by atomic mass is 9.92. The van der Waals surface area contributed by atoms with E-state index in [0.29, 0.717) is 17.6 Å². The second-order valence-corrected chi connectivity index (χ2v) is 8.69. The first-order valence-corrected chi connectivity index (χ1v) is 11.0. The summed E-state index contributed by atoms with van der Waals surface area (Å²) in [5, 5.41) is 12.7. The fourth-order valence-corrected chi connectivity index (χ4v) is 4.72. The zero-order chi connectivity index (χ0) is 20.4. The largest absolute Gasteiger partial charge is 0.497 e. The van der Waals surface area contributed by atoms with Crippen molar-refractivity contribution < 1.29 is 14.3 Å². The average Bonchev–Trinajstić information content (AvgIpc) is 3.39. The van der Waals surface area contributed by atoms with Crippen LogP contribution in [0.3, 0.4) is 0 Å². The molecule has 0 spiro atoms. The molecule has 1 aliphatic carbocycles. The van der Waals surface area contributed by atoms with Crippen LogP contribution in [0, 0.1) is 5.92 Å². The molecule has 29 heavy (non-hydrogen) atoms. The van der Waals surface area contributed by atoms with Crippen molar-refractivity contribution in [3.8, 4) is 5.75 Å².